The van der Waals surface area contributed by atoms with Crippen LogP contribution in [0.5, 0.6) is 0 Å². The molecule has 0 aliphatic heterocycles. The highest BCUT2D eigenvalue weighted by molar-refractivity contribution is 7.47. The molecule has 0 saturated carbocycles. The fraction of sp³-hybridized carbons (Fsp3) is 0.767. The third-order valence-electron chi connectivity index (χ3n) is 6.17. The van der Waals surface area contributed by atoms with Gasteiger partial charge in [-0.2, -0.15) is 0 Å². The molecule has 0 aliphatic carbocycles. The number of carboxylic acid groups (broad SMARTS) is 1. The first-order valence-corrected chi connectivity index (χ1v) is 16.9. The number of ether oxygens (including phenoxy) is 2. The molecule has 0 spiro atoms. The summed E-state index contributed by atoms with van der Waals surface area (Å²) in [5.41, 5.74) is 5.25. The number of hydrogen-bond donors (Lipinski definition) is 3. The smallest absolute Gasteiger partial charge is 0.472 e. The summed E-state index contributed by atoms with van der Waals surface area (Å²) in [7, 11) is -4.68. The summed E-state index contributed by atoms with van der Waals surface area (Å²) in [6.45, 7) is 2.31. The van der Waals surface area contributed by atoms with Crippen LogP contribution in [0.1, 0.15) is 117 Å². The molecule has 0 saturated heterocycles. The topological polar surface area (TPSA) is 172 Å². The van der Waals surface area contributed by atoms with E-state index in [4.69, 9.17) is 24.8 Å². The Kier molecular flexibility index (Phi) is 25.3. The number of phosphoric ester groups is 1. The monoisotopic (exact) mass is 619 g/mol. The number of aliphatic carboxylic acids is 1. The molecule has 0 aromatic rings. The van der Waals surface area contributed by atoms with E-state index in [0.717, 1.165) is 38.5 Å². The lowest BCUT2D eigenvalue weighted by Gasteiger charge is -2.20. The van der Waals surface area contributed by atoms with Gasteiger partial charge in [-0.25, -0.2) is 4.57 Å². The second-order valence-electron chi connectivity index (χ2n) is 10.2. The summed E-state index contributed by atoms with van der Waals surface area (Å²) in [6.07, 6.45) is 23.0. The first kappa shape index (κ1) is 40.0. The van der Waals surface area contributed by atoms with Gasteiger partial charge >= 0.3 is 25.7 Å². The predicted octanol–water partition coefficient (Wildman–Crippen LogP) is 6.38. The molecule has 0 radical (unpaired) electrons. The number of carbonyl (C=O) groups excluding carboxylic acids is 2. The molecule has 0 aromatic carbocycles. The Morgan fingerprint density at radius 2 is 1.31 bits per heavy atom. The molecule has 0 fully saturated rings. The van der Waals surface area contributed by atoms with Crippen LogP contribution in [0.2, 0.25) is 0 Å². The normalized spacial score (nSPS) is 14.6. The molecule has 11 nitrogen and oxygen atoms in total. The summed E-state index contributed by atoms with van der Waals surface area (Å²) in [5, 5.41) is 8.75. The van der Waals surface area contributed by atoms with Crippen LogP contribution in [-0.2, 0) is 37.5 Å². The molecule has 3 unspecified atom stereocenters. The van der Waals surface area contributed by atoms with Gasteiger partial charge < -0.3 is 25.2 Å². The van der Waals surface area contributed by atoms with Crippen LogP contribution in [0, 0.1) is 0 Å². The van der Waals surface area contributed by atoms with E-state index in [1.165, 1.54) is 38.5 Å². The van der Waals surface area contributed by atoms with E-state index in [1.807, 2.05) is 0 Å². The number of allylic oxidation sites excluding steroid dienone is 4. The van der Waals surface area contributed by atoms with Gasteiger partial charge in [0, 0.05) is 12.8 Å². The number of unbranched alkanes of at least 4 members (excludes halogenated alkanes) is 10. The van der Waals surface area contributed by atoms with Gasteiger partial charge in [0.1, 0.15) is 12.6 Å². The van der Waals surface area contributed by atoms with Gasteiger partial charge in [0.25, 0.3) is 0 Å². The van der Waals surface area contributed by atoms with E-state index in [2.05, 4.69) is 35.8 Å². The largest absolute Gasteiger partial charge is 0.480 e. The van der Waals surface area contributed by atoms with Crippen LogP contribution < -0.4 is 5.73 Å². The molecule has 42 heavy (non-hydrogen) atoms. The Morgan fingerprint density at radius 3 is 1.90 bits per heavy atom. The van der Waals surface area contributed by atoms with E-state index in [1.54, 1.807) is 6.92 Å². The molecule has 0 bridgehead atoms. The number of esters is 2. The highest BCUT2D eigenvalue weighted by Crippen LogP contribution is 2.43. The number of hydrogen-bond acceptors (Lipinski definition) is 9. The zero-order valence-electron chi connectivity index (χ0n) is 25.6. The Hall–Kier alpha value is -2.04. The second kappa shape index (κ2) is 26.6. The molecule has 0 amide bonds. The number of carbonyl (C=O) groups is 3. The summed E-state index contributed by atoms with van der Waals surface area (Å²) in [5.74, 6) is -2.46. The van der Waals surface area contributed by atoms with Crippen molar-refractivity contribution in [1.29, 1.82) is 0 Å². The quantitative estimate of drug-likeness (QED) is 0.0384. The van der Waals surface area contributed by atoms with Gasteiger partial charge in [0.15, 0.2) is 6.10 Å². The van der Waals surface area contributed by atoms with Crippen molar-refractivity contribution < 1.29 is 47.5 Å². The standard InChI is InChI=1S/C30H54NO10P/c1-3-5-6-7-8-9-10-11-12-13-14-15-16-17-18-19-20-22-29(33)41-26(23-38-28(32)21-4-2)24-39-42(36,37)40-25-27(31)30(34)35/h8-9,11-12,26-27H,3-7,10,13-25,31H2,1-2H3,(H,34,35)(H,36,37)/b9-8-,12-11-. The van der Waals surface area contributed by atoms with Crippen LogP contribution in [-0.4, -0.2) is 59.9 Å². The van der Waals surface area contributed by atoms with Crippen molar-refractivity contribution >= 4 is 25.7 Å². The average molecular weight is 620 g/mol. The molecule has 244 valence electrons. The minimum absolute atomic E-state index is 0.151. The van der Waals surface area contributed by atoms with Crippen LogP contribution in [0.15, 0.2) is 24.3 Å². The van der Waals surface area contributed by atoms with Gasteiger partial charge in [-0.3, -0.25) is 23.4 Å². The van der Waals surface area contributed by atoms with E-state index < -0.39 is 51.1 Å². The molecule has 3 atom stereocenters. The maximum absolute atomic E-state index is 12.3. The Morgan fingerprint density at radius 1 is 0.738 bits per heavy atom. The zero-order chi connectivity index (χ0) is 31.5. The molecule has 12 heteroatoms. The highest BCUT2D eigenvalue weighted by Gasteiger charge is 2.28. The van der Waals surface area contributed by atoms with Gasteiger partial charge in [0.05, 0.1) is 13.2 Å². The third kappa shape index (κ3) is 25.7. The minimum atomic E-state index is -4.68. The fourth-order valence-corrected chi connectivity index (χ4v) is 4.50. The Bertz CT molecular complexity index is 833. The summed E-state index contributed by atoms with van der Waals surface area (Å²) >= 11 is 0. The van der Waals surface area contributed by atoms with E-state index in [0.29, 0.717) is 12.8 Å². The maximum Gasteiger partial charge on any atom is 0.472 e. The van der Waals surface area contributed by atoms with Gasteiger partial charge in [-0.05, 0) is 44.9 Å². The number of nitrogens with two attached hydrogens (primary N) is 1. The lowest BCUT2D eigenvalue weighted by molar-refractivity contribution is -0.161. The van der Waals surface area contributed by atoms with E-state index in [9.17, 15) is 23.8 Å². The van der Waals surface area contributed by atoms with E-state index in [-0.39, 0.29) is 19.4 Å². The van der Waals surface area contributed by atoms with Gasteiger partial charge in [-0.15, -0.1) is 0 Å². The Balaban J connectivity index is 4.19. The number of carboxylic acids is 1. The minimum Gasteiger partial charge on any atom is -0.480 e. The van der Waals surface area contributed by atoms with Crippen molar-refractivity contribution in [3.8, 4) is 0 Å². The summed E-state index contributed by atoms with van der Waals surface area (Å²) in [4.78, 5) is 44.5. The summed E-state index contributed by atoms with van der Waals surface area (Å²) in [6, 6.07) is -1.52. The Labute approximate surface area is 251 Å². The zero-order valence-corrected chi connectivity index (χ0v) is 26.5. The van der Waals surface area contributed by atoms with Crippen molar-refractivity contribution in [2.24, 2.45) is 5.73 Å². The van der Waals surface area contributed by atoms with Crippen molar-refractivity contribution in [2.45, 2.75) is 129 Å². The number of phosphoric acid groups is 1. The molecule has 0 aromatic heterocycles. The average Bonchev–Trinajstić information content (AvgIpc) is 2.95. The van der Waals surface area contributed by atoms with Crippen LogP contribution in [0.25, 0.3) is 0 Å². The molecular formula is C30H54NO10P. The maximum atomic E-state index is 12.3. The van der Waals surface area contributed by atoms with Crippen molar-refractivity contribution in [1.82, 2.24) is 0 Å². The number of rotatable bonds is 28. The third-order valence-corrected chi connectivity index (χ3v) is 7.12. The summed E-state index contributed by atoms with van der Waals surface area (Å²) < 4.78 is 31.8. The van der Waals surface area contributed by atoms with Gasteiger partial charge in [0.2, 0.25) is 0 Å². The second-order valence-corrected chi connectivity index (χ2v) is 11.7. The lowest BCUT2D eigenvalue weighted by Crippen LogP contribution is -2.34. The van der Waals surface area contributed by atoms with Crippen molar-refractivity contribution in [3.63, 3.8) is 0 Å². The molecule has 0 heterocycles. The predicted molar refractivity (Wildman–Crippen MR) is 162 cm³/mol. The van der Waals surface area contributed by atoms with Crippen LogP contribution in [0.3, 0.4) is 0 Å². The highest BCUT2D eigenvalue weighted by atomic mass is 31.2. The molecule has 0 aliphatic rings. The molecule has 0 rings (SSSR count). The molecular weight excluding hydrogens is 565 g/mol. The first-order valence-electron chi connectivity index (χ1n) is 15.4. The van der Waals surface area contributed by atoms with Crippen molar-refractivity contribution in [2.75, 3.05) is 19.8 Å². The van der Waals surface area contributed by atoms with E-state index >= 15 is 0 Å². The molecule has 4 N–H and O–H groups in total. The van der Waals surface area contributed by atoms with Gasteiger partial charge in [-0.1, -0.05) is 83.1 Å². The SMILES string of the molecule is CCCCC/C=C\C/C=C\CCCCCCCCCC(=O)OC(COC(=O)CCC)COP(=O)(O)OCC(N)C(=O)O. The fourth-order valence-electron chi connectivity index (χ4n) is 3.72. The van der Waals surface area contributed by atoms with Crippen molar-refractivity contribution in [3.05, 3.63) is 24.3 Å². The lowest BCUT2D eigenvalue weighted by atomic mass is 10.1. The van der Waals surface area contributed by atoms with Crippen LogP contribution >= 0.6 is 7.82 Å². The van der Waals surface area contributed by atoms with Crippen LogP contribution in [0.4, 0.5) is 0 Å². The first-order chi connectivity index (χ1) is 20.1.